The van der Waals surface area contributed by atoms with Crippen molar-refractivity contribution in [2.45, 2.75) is 19.7 Å². The van der Waals surface area contributed by atoms with Gasteiger partial charge in [-0.15, -0.1) is 0 Å². The maximum Gasteiger partial charge on any atom is 0.123 e. The second kappa shape index (κ2) is 7.08. The molecular weight excluding hydrogens is 250 g/mol. The molecule has 3 heteroatoms. The number of benzene rings is 2. The molecule has 20 heavy (non-hydrogen) atoms. The third-order valence-electron chi connectivity index (χ3n) is 3.29. The molecule has 2 aromatic carbocycles. The molecule has 0 radical (unpaired) electrons. The molecule has 0 aliphatic heterocycles. The zero-order chi connectivity index (χ0) is 14.4. The van der Waals surface area contributed by atoms with Gasteiger partial charge in [0.05, 0.1) is 13.7 Å². The van der Waals surface area contributed by atoms with E-state index in [-0.39, 0.29) is 6.61 Å². The van der Waals surface area contributed by atoms with Crippen LogP contribution in [-0.4, -0.2) is 24.2 Å². The quantitative estimate of drug-likeness (QED) is 0.877. The van der Waals surface area contributed by atoms with E-state index in [4.69, 9.17) is 9.84 Å². The molecule has 1 N–H and O–H groups in total. The van der Waals surface area contributed by atoms with Crippen LogP contribution < -0.4 is 4.74 Å². The Bertz CT molecular complexity index is 537. The molecule has 2 aromatic rings. The molecule has 0 spiro atoms. The lowest BCUT2D eigenvalue weighted by molar-refractivity contribution is 0.281. The van der Waals surface area contributed by atoms with Crippen LogP contribution in [-0.2, 0) is 19.7 Å². The number of hydrogen-bond acceptors (Lipinski definition) is 3. The number of para-hydroxylation sites is 1. The molecule has 0 atom stereocenters. The van der Waals surface area contributed by atoms with Crippen LogP contribution in [0.15, 0.2) is 48.5 Å². The first-order valence-electron chi connectivity index (χ1n) is 6.72. The second-order valence-corrected chi connectivity index (χ2v) is 4.96. The van der Waals surface area contributed by atoms with Gasteiger partial charge in [0, 0.05) is 18.7 Å². The highest BCUT2D eigenvalue weighted by Crippen LogP contribution is 2.19. The molecule has 0 unspecified atom stereocenters. The van der Waals surface area contributed by atoms with Crippen molar-refractivity contribution in [3.05, 3.63) is 65.2 Å². The fraction of sp³-hybridized carbons (Fsp3) is 0.294. The lowest BCUT2D eigenvalue weighted by Crippen LogP contribution is -2.17. The highest BCUT2D eigenvalue weighted by Gasteiger charge is 2.06. The highest BCUT2D eigenvalue weighted by molar-refractivity contribution is 5.33. The molecule has 0 bridgehead atoms. The van der Waals surface area contributed by atoms with Crippen molar-refractivity contribution in [1.82, 2.24) is 4.90 Å². The number of nitrogens with zero attached hydrogens (tertiary/aromatic N) is 1. The van der Waals surface area contributed by atoms with Gasteiger partial charge >= 0.3 is 0 Å². The first-order chi connectivity index (χ1) is 9.72. The molecule has 0 aromatic heterocycles. The maximum absolute atomic E-state index is 9.04. The molecule has 0 aliphatic carbocycles. The Kier molecular flexibility index (Phi) is 5.16. The fourth-order valence-electron chi connectivity index (χ4n) is 2.24. The van der Waals surface area contributed by atoms with Crippen LogP contribution in [0.2, 0.25) is 0 Å². The standard InChI is InChI=1S/C17H21NO2/c1-18(11-14-7-9-15(13-19)10-8-14)12-16-5-3-4-6-17(16)20-2/h3-10,19H,11-13H2,1-2H3. The average Bonchev–Trinajstić information content (AvgIpc) is 2.48. The summed E-state index contributed by atoms with van der Waals surface area (Å²) in [5.74, 6) is 0.926. The molecule has 0 heterocycles. The molecule has 0 aliphatic rings. The second-order valence-electron chi connectivity index (χ2n) is 4.96. The highest BCUT2D eigenvalue weighted by atomic mass is 16.5. The third kappa shape index (κ3) is 3.83. The van der Waals surface area contributed by atoms with Crippen molar-refractivity contribution >= 4 is 0 Å². The van der Waals surface area contributed by atoms with E-state index in [0.29, 0.717) is 0 Å². The van der Waals surface area contributed by atoms with Gasteiger partial charge in [-0.05, 0) is 24.2 Å². The summed E-state index contributed by atoms with van der Waals surface area (Å²) >= 11 is 0. The zero-order valence-corrected chi connectivity index (χ0v) is 12.0. The lowest BCUT2D eigenvalue weighted by atomic mass is 10.1. The third-order valence-corrected chi connectivity index (χ3v) is 3.29. The number of aliphatic hydroxyl groups excluding tert-OH is 1. The Hall–Kier alpha value is -1.84. The van der Waals surface area contributed by atoms with Crippen LogP contribution in [0, 0.1) is 0 Å². The Balaban J connectivity index is 1.99. The van der Waals surface area contributed by atoms with E-state index in [1.165, 1.54) is 11.1 Å². The fourth-order valence-corrected chi connectivity index (χ4v) is 2.24. The number of ether oxygens (including phenoxy) is 1. The van der Waals surface area contributed by atoms with Crippen LogP contribution in [0.4, 0.5) is 0 Å². The summed E-state index contributed by atoms with van der Waals surface area (Å²) in [7, 11) is 3.79. The smallest absolute Gasteiger partial charge is 0.123 e. The topological polar surface area (TPSA) is 32.7 Å². The van der Waals surface area contributed by atoms with Crippen molar-refractivity contribution in [2.75, 3.05) is 14.2 Å². The van der Waals surface area contributed by atoms with Crippen molar-refractivity contribution in [3.8, 4) is 5.75 Å². The predicted molar refractivity (Wildman–Crippen MR) is 80.5 cm³/mol. The number of rotatable bonds is 6. The molecule has 2 rings (SSSR count). The summed E-state index contributed by atoms with van der Waals surface area (Å²) in [6.45, 7) is 1.80. The van der Waals surface area contributed by atoms with Gasteiger partial charge in [-0.25, -0.2) is 0 Å². The van der Waals surface area contributed by atoms with E-state index in [2.05, 4.69) is 30.1 Å². The minimum absolute atomic E-state index is 0.0946. The van der Waals surface area contributed by atoms with Crippen LogP contribution in [0.1, 0.15) is 16.7 Å². The Morgan fingerprint density at radius 3 is 2.25 bits per heavy atom. The van der Waals surface area contributed by atoms with Crippen molar-refractivity contribution in [1.29, 1.82) is 0 Å². The summed E-state index contributed by atoms with van der Waals surface area (Å²) in [4.78, 5) is 2.24. The Morgan fingerprint density at radius 1 is 0.950 bits per heavy atom. The minimum atomic E-state index is 0.0946. The van der Waals surface area contributed by atoms with Gasteiger partial charge in [0.25, 0.3) is 0 Å². The summed E-state index contributed by atoms with van der Waals surface area (Å²) < 4.78 is 5.37. The van der Waals surface area contributed by atoms with E-state index in [1.807, 2.05) is 30.3 Å². The first kappa shape index (κ1) is 14.6. The normalized spacial score (nSPS) is 10.8. The monoisotopic (exact) mass is 271 g/mol. The van der Waals surface area contributed by atoms with Gasteiger partial charge in [-0.2, -0.15) is 0 Å². The molecule has 0 saturated carbocycles. The van der Waals surface area contributed by atoms with Gasteiger partial charge in [-0.3, -0.25) is 4.90 Å². The van der Waals surface area contributed by atoms with E-state index in [0.717, 1.165) is 24.4 Å². The summed E-state index contributed by atoms with van der Waals surface area (Å²) in [5, 5.41) is 9.04. The molecular formula is C17H21NO2. The maximum atomic E-state index is 9.04. The Labute approximate surface area is 120 Å². The van der Waals surface area contributed by atoms with Gasteiger partial charge < -0.3 is 9.84 Å². The van der Waals surface area contributed by atoms with E-state index < -0.39 is 0 Å². The predicted octanol–water partition coefficient (Wildman–Crippen LogP) is 2.82. The number of aliphatic hydroxyl groups is 1. The van der Waals surface area contributed by atoms with Crippen LogP contribution in [0.5, 0.6) is 5.75 Å². The van der Waals surface area contributed by atoms with Crippen molar-refractivity contribution in [3.63, 3.8) is 0 Å². The minimum Gasteiger partial charge on any atom is -0.496 e. The molecule has 0 saturated heterocycles. The van der Waals surface area contributed by atoms with Crippen molar-refractivity contribution in [2.24, 2.45) is 0 Å². The summed E-state index contributed by atoms with van der Waals surface area (Å²) in [6, 6.07) is 16.1. The van der Waals surface area contributed by atoms with Gasteiger partial charge in [0.1, 0.15) is 5.75 Å². The van der Waals surface area contributed by atoms with Gasteiger partial charge in [0.2, 0.25) is 0 Å². The van der Waals surface area contributed by atoms with Crippen LogP contribution in [0.3, 0.4) is 0 Å². The molecule has 3 nitrogen and oxygen atoms in total. The SMILES string of the molecule is COc1ccccc1CN(C)Cc1ccc(CO)cc1. The summed E-state index contributed by atoms with van der Waals surface area (Å²) in [5.41, 5.74) is 3.37. The summed E-state index contributed by atoms with van der Waals surface area (Å²) in [6.07, 6.45) is 0. The van der Waals surface area contributed by atoms with Crippen LogP contribution >= 0.6 is 0 Å². The van der Waals surface area contributed by atoms with Crippen LogP contribution in [0.25, 0.3) is 0 Å². The van der Waals surface area contributed by atoms with Crippen molar-refractivity contribution < 1.29 is 9.84 Å². The van der Waals surface area contributed by atoms with Gasteiger partial charge in [-0.1, -0.05) is 42.5 Å². The van der Waals surface area contributed by atoms with Gasteiger partial charge in [0.15, 0.2) is 0 Å². The van der Waals surface area contributed by atoms with E-state index >= 15 is 0 Å². The average molecular weight is 271 g/mol. The number of methoxy groups -OCH3 is 1. The molecule has 0 fully saturated rings. The van der Waals surface area contributed by atoms with E-state index in [9.17, 15) is 0 Å². The zero-order valence-electron chi connectivity index (χ0n) is 12.0. The molecule has 0 amide bonds. The number of hydrogen-bond donors (Lipinski definition) is 1. The lowest BCUT2D eigenvalue weighted by Gasteiger charge is -2.18. The Morgan fingerprint density at radius 2 is 1.60 bits per heavy atom. The molecule has 106 valence electrons. The van der Waals surface area contributed by atoms with E-state index in [1.54, 1.807) is 7.11 Å². The largest absolute Gasteiger partial charge is 0.496 e. The first-order valence-corrected chi connectivity index (χ1v) is 6.72.